The first-order valence-corrected chi connectivity index (χ1v) is 20.2. The Hall–Kier alpha value is -3.88. The molecule has 4 amide bonds. The summed E-state index contributed by atoms with van der Waals surface area (Å²) in [7, 11) is 0. The number of β-amino-alcohol motifs (C(OH)–C–C–N with tert-alkyl or cyclic N) is 1. The van der Waals surface area contributed by atoms with E-state index in [0.29, 0.717) is 19.4 Å². The van der Waals surface area contributed by atoms with E-state index in [-0.39, 0.29) is 74.1 Å². The van der Waals surface area contributed by atoms with Crippen molar-refractivity contribution in [2.24, 2.45) is 22.3 Å². The number of primary amides is 1. The number of halogens is 1. The Bertz CT molecular complexity index is 1790. The van der Waals surface area contributed by atoms with Gasteiger partial charge in [0.1, 0.15) is 12.1 Å². The molecule has 14 heteroatoms. The van der Waals surface area contributed by atoms with Crippen LogP contribution in [-0.4, -0.2) is 75.5 Å². The molecule has 7 N–H and O–H groups in total. The number of nitrogens with one attached hydrogen (secondary N) is 2. The Kier molecular flexibility index (Phi) is 15.6. The average Bonchev–Trinajstić information content (AvgIpc) is 3.65. The maximum Gasteiger partial charge on any atom is 0.246 e. The SMILES string of the molecule is Cc1ncsc1-c1ccc(CNC(=O)[C@@H]2C[C@@H](O)CN2C(=O)[C@@H](NC(=O)C2(CCCc3ccc(CO[C@H](C)[C@@H](N)CCC(N)=O)cc3)CC2)C(C)(C)C)cc1.Cl. The highest BCUT2D eigenvalue weighted by molar-refractivity contribution is 7.13. The van der Waals surface area contributed by atoms with Crippen molar-refractivity contribution in [3.63, 3.8) is 0 Å². The number of rotatable bonds is 18. The number of aliphatic hydroxyl groups excluding tert-OH is 1. The largest absolute Gasteiger partial charge is 0.391 e. The van der Waals surface area contributed by atoms with Crippen molar-refractivity contribution >= 4 is 47.4 Å². The van der Waals surface area contributed by atoms with Crippen LogP contribution < -0.4 is 22.1 Å². The molecule has 12 nitrogen and oxygen atoms in total. The number of hydrogen-bond donors (Lipinski definition) is 5. The summed E-state index contributed by atoms with van der Waals surface area (Å²) in [4.78, 5) is 59.4. The monoisotopic (exact) mass is 810 g/mol. The molecule has 3 aromatic rings. The van der Waals surface area contributed by atoms with E-state index in [4.69, 9.17) is 16.2 Å². The second-order valence-electron chi connectivity index (χ2n) is 16.5. The fourth-order valence-electron chi connectivity index (χ4n) is 7.13. The highest BCUT2D eigenvalue weighted by Crippen LogP contribution is 2.50. The van der Waals surface area contributed by atoms with Gasteiger partial charge in [0.15, 0.2) is 0 Å². The zero-order valence-corrected chi connectivity index (χ0v) is 34.8. The zero-order chi connectivity index (χ0) is 39.9. The predicted octanol–water partition coefficient (Wildman–Crippen LogP) is 4.95. The zero-order valence-electron chi connectivity index (χ0n) is 33.2. The fraction of sp³-hybridized carbons (Fsp3) is 0.548. The van der Waals surface area contributed by atoms with E-state index in [1.54, 1.807) is 11.3 Å². The van der Waals surface area contributed by atoms with Gasteiger partial charge < -0.3 is 36.8 Å². The summed E-state index contributed by atoms with van der Waals surface area (Å²) in [6, 6.07) is 14.2. The van der Waals surface area contributed by atoms with Gasteiger partial charge >= 0.3 is 0 Å². The molecule has 5 rings (SSSR count). The number of amides is 4. The Morgan fingerprint density at radius 3 is 2.29 bits per heavy atom. The topological polar surface area (TPSA) is 190 Å². The number of carbonyl (C=O) groups is 4. The first-order valence-electron chi connectivity index (χ1n) is 19.4. The van der Waals surface area contributed by atoms with E-state index in [9.17, 15) is 24.3 Å². The second kappa shape index (κ2) is 19.5. The lowest BCUT2D eigenvalue weighted by Gasteiger charge is -2.36. The molecule has 56 heavy (non-hydrogen) atoms. The van der Waals surface area contributed by atoms with Gasteiger partial charge in [0.2, 0.25) is 23.6 Å². The molecular weight excluding hydrogens is 752 g/mol. The van der Waals surface area contributed by atoms with Gasteiger partial charge in [-0.2, -0.15) is 0 Å². The van der Waals surface area contributed by atoms with Crippen molar-refractivity contribution in [1.29, 1.82) is 0 Å². The van der Waals surface area contributed by atoms with Crippen molar-refractivity contribution in [3.8, 4) is 10.4 Å². The number of carbonyl (C=O) groups excluding carboxylic acids is 4. The van der Waals surface area contributed by atoms with Gasteiger partial charge in [-0.1, -0.05) is 69.3 Å². The van der Waals surface area contributed by atoms with Crippen LogP contribution >= 0.6 is 23.7 Å². The van der Waals surface area contributed by atoms with Crippen LogP contribution in [-0.2, 0) is 43.5 Å². The van der Waals surface area contributed by atoms with Crippen molar-refractivity contribution < 1.29 is 29.0 Å². The predicted molar refractivity (Wildman–Crippen MR) is 221 cm³/mol. The lowest BCUT2D eigenvalue weighted by atomic mass is 9.84. The highest BCUT2D eigenvalue weighted by atomic mass is 35.5. The number of benzene rings is 2. The lowest BCUT2D eigenvalue weighted by molar-refractivity contribution is -0.144. The molecule has 1 aliphatic carbocycles. The van der Waals surface area contributed by atoms with Crippen molar-refractivity contribution in [2.45, 2.75) is 129 Å². The molecule has 0 spiro atoms. The molecule has 306 valence electrons. The third-order valence-corrected chi connectivity index (χ3v) is 12.0. The minimum absolute atomic E-state index is 0. The number of likely N-dealkylation sites (tertiary alicyclic amines) is 1. The number of hydrogen-bond acceptors (Lipinski definition) is 9. The van der Waals surface area contributed by atoms with E-state index in [0.717, 1.165) is 58.5 Å². The number of nitrogens with zero attached hydrogens (tertiary/aromatic N) is 2. The van der Waals surface area contributed by atoms with Gasteiger partial charge in [0, 0.05) is 37.4 Å². The Balaban J connectivity index is 0.00000696. The Morgan fingerprint density at radius 2 is 1.70 bits per heavy atom. The molecule has 2 aromatic carbocycles. The summed E-state index contributed by atoms with van der Waals surface area (Å²) in [6.45, 7) is 10.3. The van der Waals surface area contributed by atoms with Gasteiger partial charge in [0.25, 0.3) is 0 Å². The second-order valence-corrected chi connectivity index (χ2v) is 17.3. The van der Waals surface area contributed by atoms with Crippen LogP contribution in [0.5, 0.6) is 0 Å². The molecule has 1 saturated heterocycles. The quantitative estimate of drug-likeness (QED) is 0.119. The third kappa shape index (κ3) is 11.8. The minimum Gasteiger partial charge on any atom is -0.391 e. The molecule has 0 unspecified atom stereocenters. The fourth-order valence-corrected chi connectivity index (χ4v) is 7.95. The summed E-state index contributed by atoms with van der Waals surface area (Å²) >= 11 is 1.58. The molecular formula is C42H59ClN6O6S. The number of aryl methyl sites for hydroxylation is 2. The van der Waals surface area contributed by atoms with E-state index >= 15 is 0 Å². The van der Waals surface area contributed by atoms with E-state index < -0.39 is 29.0 Å². The average molecular weight is 811 g/mol. The Morgan fingerprint density at radius 1 is 1.05 bits per heavy atom. The molecule has 0 bridgehead atoms. The first kappa shape index (κ1) is 44.8. The maximum atomic E-state index is 14.2. The van der Waals surface area contributed by atoms with Crippen LogP contribution in [0.3, 0.4) is 0 Å². The maximum absolute atomic E-state index is 14.2. The highest BCUT2D eigenvalue weighted by Gasteiger charge is 2.52. The molecule has 2 aliphatic rings. The van der Waals surface area contributed by atoms with Gasteiger partial charge in [-0.05, 0) is 80.0 Å². The van der Waals surface area contributed by atoms with Gasteiger partial charge in [-0.3, -0.25) is 19.2 Å². The number of aliphatic hydroxyl groups is 1. The minimum atomic E-state index is -0.865. The molecule has 5 atom stereocenters. The van der Waals surface area contributed by atoms with Gasteiger partial charge in [-0.15, -0.1) is 23.7 Å². The lowest BCUT2D eigenvalue weighted by Crippen LogP contribution is -2.58. The van der Waals surface area contributed by atoms with Crippen LogP contribution in [0, 0.1) is 17.8 Å². The summed E-state index contributed by atoms with van der Waals surface area (Å²) in [5.74, 6) is -1.19. The Labute approximate surface area is 340 Å². The number of thiazole rings is 1. The number of nitrogens with two attached hydrogens (primary N) is 2. The summed E-state index contributed by atoms with van der Waals surface area (Å²) < 4.78 is 5.91. The first-order chi connectivity index (χ1) is 26.1. The van der Waals surface area contributed by atoms with Crippen molar-refractivity contribution in [2.75, 3.05) is 6.54 Å². The van der Waals surface area contributed by atoms with E-state index in [1.807, 2.05) is 76.5 Å². The summed E-state index contributed by atoms with van der Waals surface area (Å²) in [6.07, 6.45) is 3.65. The molecule has 0 radical (unpaired) electrons. The van der Waals surface area contributed by atoms with Gasteiger partial charge in [-0.25, -0.2) is 4.98 Å². The van der Waals surface area contributed by atoms with Crippen LogP contribution in [0.4, 0.5) is 0 Å². The summed E-state index contributed by atoms with van der Waals surface area (Å²) in [5.41, 5.74) is 17.2. The number of ether oxygens (including phenoxy) is 1. The smallest absolute Gasteiger partial charge is 0.246 e. The van der Waals surface area contributed by atoms with Crippen LogP contribution in [0.1, 0.15) is 95.0 Å². The molecule has 2 heterocycles. The van der Waals surface area contributed by atoms with Gasteiger partial charge in [0.05, 0.1) is 34.9 Å². The summed E-state index contributed by atoms with van der Waals surface area (Å²) in [5, 5.41) is 16.7. The van der Waals surface area contributed by atoms with E-state index in [1.165, 1.54) is 4.90 Å². The van der Waals surface area contributed by atoms with Crippen molar-refractivity contribution in [1.82, 2.24) is 20.5 Å². The van der Waals surface area contributed by atoms with Crippen molar-refractivity contribution in [3.05, 3.63) is 76.4 Å². The molecule has 1 aromatic heterocycles. The van der Waals surface area contributed by atoms with Crippen LogP contribution in [0.2, 0.25) is 0 Å². The third-order valence-electron chi connectivity index (χ3n) is 11.0. The van der Waals surface area contributed by atoms with E-state index in [2.05, 4.69) is 27.8 Å². The number of aromatic nitrogens is 1. The normalized spacial score (nSPS) is 19.0. The van der Waals surface area contributed by atoms with Crippen LogP contribution in [0.15, 0.2) is 54.0 Å². The van der Waals surface area contributed by atoms with Crippen LogP contribution in [0.25, 0.3) is 10.4 Å². The molecule has 1 aliphatic heterocycles. The standard InChI is InChI=1S/C42H58N6O6S.ClH/c1-26-36(55-25-46-26)31-14-12-29(13-15-31)22-45-38(51)34-21-32(49)23-48(34)39(52)37(41(3,4)5)47-40(53)42(19-20-42)18-6-7-28-8-10-30(11-9-28)24-54-27(2)33(43)16-17-35(44)50;/h8-15,25,27,32-34,37,49H,6-7,16-24,43H2,1-5H3,(H2,44,50)(H,45,51)(H,47,53);1H/t27-,32-,33+,34+,37-;/m1./s1. The molecule has 2 fully saturated rings. The molecule has 1 saturated carbocycles.